The molecule has 3 aromatic heterocycles. The number of rotatable bonds is 22. The van der Waals surface area contributed by atoms with Gasteiger partial charge >= 0.3 is 17.9 Å². The van der Waals surface area contributed by atoms with Crippen LogP contribution in [0.2, 0.25) is 0 Å². The first-order valence-corrected chi connectivity index (χ1v) is 28.6. The lowest BCUT2D eigenvalue weighted by molar-refractivity contribution is -0.138. The number of aliphatic carboxylic acids is 3. The molecule has 0 saturated heterocycles. The van der Waals surface area contributed by atoms with E-state index in [4.69, 9.17) is 21.1 Å². The van der Waals surface area contributed by atoms with Crippen LogP contribution in [0, 0.1) is 0 Å². The molecule has 2 aliphatic rings. The molecule has 78 heavy (non-hydrogen) atoms. The Kier molecular flexibility index (Phi) is 32.1. The topological polar surface area (TPSA) is 309 Å². The van der Waals surface area contributed by atoms with Gasteiger partial charge in [-0.1, -0.05) is 128 Å². The Hall–Kier alpha value is -5.97. The van der Waals surface area contributed by atoms with Gasteiger partial charge < -0.3 is 62.0 Å². The van der Waals surface area contributed by atoms with Crippen molar-refractivity contribution in [3.63, 3.8) is 0 Å². The highest BCUT2D eigenvalue weighted by molar-refractivity contribution is 7.80. The van der Waals surface area contributed by atoms with Crippen molar-refractivity contribution in [2.45, 2.75) is 173 Å². The maximum atomic E-state index is 10.7. The minimum atomic E-state index is -1.04. The number of aromatic nitrogens is 6. The quantitative estimate of drug-likeness (QED) is 0.0222. The Morgan fingerprint density at radius 3 is 1.08 bits per heavy atom. The molecule has 428 valence electrons. The van der Waals surface area contributed by atoms with E-state index in [1.807, 2.05) is 54.6 Å². The summed E-state index contributed by atoms with van der Waals surface area (Å²) in [7, 11) is 0. The molecule has 2 saturated carbocycles. The summed E-state index contributed by atoms with van der Waals surface area (Å²) in [5.41, 5.74) is 9.85. The van der Waals surface area contributed by atoms with E-state index in [0.29, 0.717) is 34.0 Å². The van der Waals surface area contributed by atoms with Crippen molar-refractivity contribution in [2.24, 2.45) is 5.73 Å². The van der Waals surface area contributed by atoms with Crippen LogP contribution in [0.1, 0.15) is 178 Å². The van der Waals surface area contributed by atoms with Crippen LogP contribution in [0.5, 0.6) is 0 Å². The van der Waals surface area contributed by atoms with Crippen LogP contribution < -0.4 is 16.4 Å². The van der Waals surface area contributed by atoms with E-state index in [2.05, 4.69) is 98.0 Å². The highest BCUT2D eigenvalue weighted by atomic mass is 32.1. The number of aliphatic hydroxyl groups is 3. The van der Waals surface area contributed by atoms with Gasteiger partial charge in [-0.3, -0.25) is 14.4 Å². The van der Waals surface area contributed by atoms with Crippen molar-refractivity contribution in [1.29, 1.82) is 0 Å². The van der Waals surface area contributed by atoms with E-state index >= 15 is 0 Å². The van der Waals surface area contributed by atoms with Crippen LogP contribution in [0.3, 0.4) is 0 Å². The van der Waals surface area contributed by atoms with E-state index in [1.54, 1.807) is 18.2 Å². The molecule has 3 unspecified atom stereocenters. The van der Waals surface area contributed by atoms with Gasteiger partial charge in [0, 0.05) is 12.1 Å². The lowest BCUT2D eigenvalue weighted by Crippen LogP contribution is -2.40. The Balaban J connectivity index is 0.000000254. The summed E-state index contributed by atoms with van der Waals surface area (Å²) in [5.74, 6) is -4.33. The van der Waals surface area contributed by atoms with Crippen molar-refractivity contribution >= 4 is 103 Å². The van der Waals surface area contributed by atoms with Gasteiger partial charge in [-0.05, 0) is 125 Å². The summed E-state index contributed by atoms with van der Waals surface area (Å²) in [4.78, 5) is 53.6. The van der Waals surface area contributed by atoms with Gasteiger partial charge in [-0.15, -0.1) is 0 Å². The van der Waals surface area contributed by atoms with Crippen molar-refractivity contribution in [3.05, 3.63) is 90.3 Å². The number of carboxylic acid groups (broad SMARTS) is 3. The molecule has 3 heterocycles. The van der Waals surface area contributed by atoms with E-state index in [0.717, 1.165) is 48.3 Å². The third kappa shape index (κ3) is 25.2. The zero-order valence-corrected chi connectivity index (χ0v) is 47.9. The van der Waals surface area contributed by atoms with Crippen molar-refractivity contribution in [2.75, 3.05) is 19.6 Å². The highest BCUT2D eigenvalue weighted by Crippen LogP contribution is 2.25. The molecule has 18 nitrogen and oxygen atoms in total. The summed E-state index contributed by atoms with van der Waals surface area (Å²) < 4.78 is 0. The predicted octanol–water partition coefficient (Wildman–Crippen LogP) is 12.2. The first kappa shape index (κ1) is 66.3. The summed E-state index contributed by atoms with van der Waals surface area (Å²) in [6, 6.07) is 23.6. The summed E-state index contributed by atoms with van der Waals surface area (Å²) >= 11 is 14.0. The minimum absolute atomic E-state index is 0.283. The molecule has 6 aromatic rings. The molecule has 2 aliphatic carbocycles. The monoisotopic (exact) mass is 1130 g/mol. The van der Waals surface area contributed by atoms with Gasteiger partial charge in [-0.25, -0.2) is 15.0 Å². The molecular weight excluding hydrogens is 1050 g/mol. The number of para-hydroxylation sites is 6. The molecular formula is C57H83N9O9S3. The molecule has 2 fully saturated rings. The minimum Gasteiger partial charge on any atom is -0.501 e. The number of carbonyl (C=O) groups is 3. The molecule has 0 radical (unpaired) electrons. The number of imidazole rings is 3. The molecule has 0 bridgehead atoms. The van der Waals surface area contributed by atoms with Crippen LogP contribution >= 0.6 is 36.7 Å². The second-order valence-electron chi connectivity index (χ2n) is 19.2. The average Bonchev–Trinajstić information content (AvgIpc) is 4.21. The van der Waals surface area contributed by atoms with Crippen molar-refractivity contribution in [3.8, 4) is 0 Å². The first-order chi connectivity index (χ1) is 37.5. The molecule has 8 rings (SSSR count). The molecule has 0 spiro atoms. The largest absolute Gasteiger partial charge is 0.501 e. The third-order valence-corrected chi connectivity index (χ3v) is 13.8. The Morgan fingerprint density at radius 1 is 0.513 bits per heavy atom. The molecule has 3 atom stereocenters. The average molecular weight is 1130 g/mol. The van der Waals surface area contributed by atoms with Crippen molar-refractivity contribution in [1.82, 2.24) is 40.5 Å². The van der Waals surface area contributed by atoms with E-state index in [-0.39, 0.29) is 34.4 Å². The van der Waals surface area contributed by atoms with Crippen molar-refractivity contribution < 1.29 is 45.0 Å². The van der Waals surface area contributed by atoms with Gasteiger partial charge in [0.2, 0.25) is 0 Å². The van der Waals surface area contributed by atoms with Gasteiger partial charge in [0.25, 0.3) is 0 Å². The number of nitrogens with zero attached hydrogens (tertiary/aromatic N) is 3. The summed E-state index contributed by atoms with van der Waals surface area (Å²) in [5, 5.41) is 60.2. The predicted molar refractivity (Wildman–Crippen MR) is 322 cm³/mol. The summed E-state index contributed by atoms with van der Waals surface area (Å²) in [6.07, 6.45) is 21.8. The van der Waals surface area contributed by atoms with Gasteiger partial charge in [-0.2, -0.15) is 0 Å². The SMILES string of the molecule is C1CCC(NC2CCCCC2)CC1.CCCCCCCCN.CCNCC.O=C(O)CC(C(O)=S)c1nc2ccccc2[nH]1.O=C(O)CC(C(O)=S)c1nc2ccccc2[nH]1.O=C(O)CC(C(O)=S)c1nc2ccccc2[nH]1. The van der Waals surface area contributed by atoms with Crippen LogP contribution in [0.25, 0.3) is 33.1 Å². The molecule has 0 amide bonds. The molecule has 21 heteroatoms. The fraction of sp³-hybridized carbons (Fsp3) is 0.526. The number of H-pyrrole nitrogens is 3. The maximum absolute atomic E-state index is 10.7. The van der Waals surface area contributed by atoms with Crippen LogP contribution in [0.15, 0.2) is 72.8 Å². The maximum Gasteiger partial charge on any atom is 0.304 e. The lowest BCUT2D eigenvalue weighted by Gasteiger charge is -2.30. The Labute approximate surface area is 474 Å². The van der Waals surface area contributed by atoms with Crippen LogP contribution in [-0.2, 0) is 14.4 Å². The zero-order valence-electron chi connectivity index (χ0n) is 45.4. The smallest absolute Gasteiger partial charge is 0.304 e. The van der Waals surface area contributed by atoms with E-state index < -0.39 is 35.7 Å². The van der Waals surface area contributed by atoms with E-state index in [1.165, 1.54) is 103 Å². The summed E-state index contributed by atoms with van der Waals surface area (Å²) in [6.45, 7) is 9.50. The normalized spacial score (nSPS) is 14.5. The highest BCUT2D eigenvalue weighted by Gasteiger charge is 2.26. The fourth-order valence-corrected chi connectivity index (χ4v) is 9.47. The second-order valence-corrected chi connectivity index (χ2v) is 20.5. The molecule has 13 N–H and O–H groups in total. The number of nitrogens with one attached hydrogen (secondary N) is 5. The van der Waals surface area contributed by atoms with Gasteiger partial charge in [0.05, 0.1) is 70.1 Å². The van der Waals surface area contributed by atoms with Gasteiger partial charge in [0.15, 0.2) is 15.2 Å². The lowest BCUT2D eigenvalue weighted by atomic mass is 9.91. The number of hydrogen-bond donors (Lipinski definition) is 12. The number of benzene rings is 3. The second kappa shape index (κ2) is 37.8. The Bertz CT molecular complexity index is 2350. The third-order valence-electron chi connectivity index (χ3n) is 13.0. The number of fused-ring (bicyclic) bond motifs is 3. The number of unbranched alkanes of at least 4 members (excludes halogenated alkanes) is 5. The van der Waals surface area contributed by atoms with E-state index in [9.17, 15) is 29.7 Å². The number of aliphatic hydroxyl groups excluding tert-OH is 3. The fourth-order valence-electron chi connectivity index (χ4n) is 8.89. The number of hydrogen-bond acceptors (Lipinski definition) is 12. The molecule has 0 aliphatic heterocycles. The standard InChI is InChI=1S/C12H23N.3C11H10N2O3S.C8H19N.C4H11N/c1-3-7-11(8-4-1)13-12-9-5-2-6-10-12;3*14-9(15)5-6(11(16)17)10-12-7-3-1-2-4-8(7)13-10;1-2-3-4-5-6-7-8-9;1-3-5-4-2/h11-13H,1-10H2;3*1-4,6H,5H2,(H,12,13)(H,14,15)(H,16,17);2-9H2,1H3;5H,3-4H2,1-2H3. The van der Waals surface area contributed by atoms with Crippen LogP contribution in [-0.4, -0.2) is 125 Å². The zero-order chi connectivity index (χ0) is 57.2. The Morgan fingerprint density at radius 2 is 0.821 bits per heavy atom. The number of nitrogens with two attached hydrogens (primary N) is 1. The number of thiocarbonyl (C=S) groups is 3. The number of carboxylic acids is 3. The molecule has 3 aromatic carbocycles. The van der Waals surface area contributed by atoms with Gasteiger partial charge in [0.1, 0.15) is 17.5 Å². The first-order valence-electron chi connectivity index (χ1n) is 27.4. The number of aromatic amines is 3. The van der Waals surface area contributed by atoms with Crippen LogP contribution in [0.4, 0.5) is 0 Å².